The molecule has 0 aliphatic rings. The fourth-order valence-corrected chi connectivity index (χ4v) is 9.67. The van der Waals surface area contributed by atoms with Crippen molar-refractivity contribution in [3.05, 3.63) is 195 Å². The van der Waals surface area contributed by atoms with Crippen LogP contribution in [0.1, 0.15) is 111 Å². The van der Waals surface area contributed by atoms with E-state index in [0.717, 1.165) is 23.6 Å². The fraction of sp³-hybridized carbons (Fsp3) is 0.293. The molecule has 1 heterocycles. The number of hydrogen-bond acceptors (Lipinski definition) is 3. The van der Waals surface area contributed by atoms with Gasteiger partial charge in [-0.1, -0.05) is 136 Å². The lowest BCUT2D eigenvalue weighted by molar-refractivity contribution is -0.684. The van der Waals surface area contributed by atoms with Crippen LogP contribution in [0.15, 0.2) is 140 Å². The van der Waals surface area contributed by atoms with Crippen molar-refractivity contribution >= 4 is 50.5 Å². The predicted octanol–water partition coefficient (Wildman–Crippen LogP) is 16.7. The molecule has 0 saturated heterocycles. The van der Waals surface area contributed by atoms with E-state index in [9.17, 15) is 115 Å². The number of rotatable bonds is 15. The molecule has 29 heteroatoms. The smallest absolute Gasteiger partial charge is 0.416 e. The number of fused-ring (bicyclic) bond motifs is 1. The molecule has 0 N–H and O–H groups in total. The van der Waals surface area contributed by atoms with Gasteiger partial charge in [-0.25, -0.2) is 4.79 Å². The van der Waals surface area contributed by atoms with Crippen LogP contribution in [0.3, 0.4) is 0 Å². The minimum atomic E-state index is -6.13. The van der Waals surface area contributed by atoms with Crippen molar-refractivity contribution in [1.82, 2.24) is 0 Å². The summed E-state index contributed by atoms with van der Waals surface area (Å²) >= 11 is 0. The number of pyridine rings is 1. The standard InChI is InChI=1S/C32H12BF24.C26H30NO3/c34-25(35,36)13-1-14(26(37,38)39)6-21(5-13)33(22-7-15(27(40,41)42)2-16(8-22)28(43,44)45,23-9-17(29(46,47)48)3-18(10-23)30(49,50)51)24-11-19(31(52,53)54)4-20(12-24)32(55,56)57;1-2-3-4-5-6-12-19-30-26(29)25-23-16-11-10-13-21(23)17-18-27(25)20-24(28)22-14-8-7-9-15-22/h1-12H;7-11,13-18H,2-6,12,19-20H2,1H3/q-1;+1. The number of Topliss-reactive ketones (excluding diaryl/α,β-unsaturated/α-hetero) is 1. The monoisotopic (exact) mass is 1270 g/mol. The third-order valence-electron chi connectivity index (χ3n) is 13.7. The van der Waals surface area contributed by atoms with Crippen LogP contribution in [0.4, 0.5) is 105 Å². The lowest BCUT2D eigenvalue weighted by atomic mass is 9.12. The van der Waals surface area contributed by atoms with E-state index in [2.05, 4.69) is 6.92 Å². The zero-order valence-electron chi connectivity index (χ0n) is 44.3. The number of halogens is 24. The Labute approximate surface area is 477 Å². The number of aromatic nitrogens is 1. The van der Waals surface area contributed by atoms with Gasteiger partial charge in [0.1, 0.15) is 6.15 Å². The highest BCUT2D eigenvalue weighted by Crippen LogP contribution is 2.42. The zero-order valence-corrected chi connectivity index (χ0v) is 44.3. The zero-order chi connectivity index (χ0) is 65.1. The molecule has 6 aromatic carbocycles. The average Bonchev–Trinajstić information content (AvgIpc) is 0.734. The van der Waals surface area contributed by atoms with E-state index in [0.29, 0.717) is 17.9 Å². The van der Waals surface area contributed by atoms with Crippen molar-refractivity contribution in [2.75, 3.05) is 6.61 Å². The number of carbonyl (C=O) groups is 2. The summed E-state index contributed by atoms with van der Waals surface area (Å²) in [5.41, 5.74) is -29.1. The largest absolute Gasteiger partial charge is 0.458 e. The Morgan fingerprint density at radius 1 is 0.391 bits per heavy atom. The fourth-order valence-electron chi connectivity index (χ4n) is 9.67. The highest BCUT2D eigenvalue weighted by molar-refractivity contribution is 7.20. The van der Waals surface area contributed by atoms with Gasteiger partial charge in [-0.2, -0.15) is 132 Å². The molecule has 1 aromatic heterocycles. The Morgan fingerprint density at radius 3 is 1.03 bits per heavy atom. The lowest BCUT2D eigenvalue weighted by Crippen LogP contribution is -2.75. The summed E-state index contributed by atoms with van der Waals surface area (Å²) in [6, 6.07) is 9.97. The van der Waals surface area contributed by atoms with Crippen molar-refractivity contribution in [1.29, 1.82) is 0 Å². The van der Waals surface area contributed by atoms with Crippen molar-refractivity contribution in [2.45, 2.75) is 101 Å². The van der Waals surface area contributed by atoms with Gasteiger partial charge in [0.2, 0.25) is 12.3 Å². The molecule has 0 unspecified atom stereocenters. The Morgan fingerprint density at radius 2 is 0.701 bits per heavy atom. The molecule has 4 nitrogen and oxygen atoms in total. The van der Waals surface area contributed by atoms with E-state index < -0.39 is 195 Å². The van der Waals surface area contributed by atoms with Crippen molar-refractivity contribution < 1.29 is 124 Å². The maximum absolute atomic E-state index is 14.2. The van der Waals surface area contributed by atoms with Crippen LogP contribution in [-0.4, -0.2) is 24.5 Å². The van der Waals surface area contributed by atoms with Gasteiger partial charge in [0.15, 0.2) is 6.20 Å². The van der Waals surface area contributed by atoms with Crippen molar-refractivity contribution in [2.24, 2.45) is 0 Å². The first-order valence-electron chi connectivity index (χ1n) is 25.5. The molecule has 87 heavy (non-hydrogen) atoms. The molecule has 0 bridgehead atoms. The third kappa shape index (κ3) is 16.7. The molecule has 7 aromatic rings. The Balaban J connectivity index is 0.000000337. The number of unbranched alkanes of at least 4 members (excludes halogenated alkanes) is 5. The summed E-state index contributed by atoms with van der Waals surface area (Å²) in [5.74, 6) is -0.415. The second-order valence-electron chi connectivity index (χ2n) is 19.8. The number of hydrogen-bond donors (Lipinski definition) is 0. The number of ketones is 1. The molecule has 0 amide bonds. The average molecular weight is 1270 g/mol. The number of alkyl halides is 24. The van der Waals surface area contributed by atoms with Gasteiger partial charge in [0.25, 0.3) is 5.69 Å². The molecule has 7 rings (SSSR count). The highest BCUT2D eigenvalue weighted by atomic mass is 19.4. The SMILES string of the molecule is CCCCCCCCOC(=O)c1c2ccccc2cc[n+]1CC(=O)c1ccccc1.FC(F)(F)c1cc([B-](c2cc(C(F)(F)F)cc(C(F)(F)F)c2)(c2cc(C(F)(F)F)cc(C(F)(F)F)c2)c2cc(C(F)(F)F)cc(C(F)(F)F)c2)cc(C(F)(F)F)c1. The number of esters is 1. The first-order chi connectivity index (χ1) is 40.0. The first kappa shape index (κ1) is 68.4. The van der Waals surface area contributed by atoms with E-state index in [1.807, 2.05) is 48.5 Å². The van der Waals surface area contributed by atoms with Crippen LogP contribution in [0.25, 0.3) is 10.8 Å². The van der Waals surface area contributed by atoms with Gasteiger partial charge in [-0.3, -0.25) is 4.79 Å². The number of carbonyl (C=O) groups excluding carboxylic acids is 2. The van der Waals surface area contributed by atoms with Crippen LogP contribution in [0.2, 0.25) is 0 Å². The van der Waals surface area contributed by atoms with Gasteiger partial charge < -0.3 is 4.74 Å². The molecule has 0 saturated carbocycles. The van der Waals surface area contributed by atoms with Crippen LogP contribution in [0, 0.1) is 0 Å². The lowest BCUT2D eigenvalue weighted by Gasteiger charge is -2.46. The molecule has 0 radical (unpaired) electrons. The first-order valence-corrected chi connectivity index (χ1v) is 25.5. The highest BCUT2D eigenvalue weighted by Gasteiger charge is 2.47. The molecular weight excluding hydrogens is 1230 g/mol. The van der Waals surface area contributed by atoms with Crippen LogP contribution >= 0.6 is 0 Å². The molecule has 0 spiro atoms. The van der Waals surface area contributed by atoms with E-state index in [-0.39, 0.29) is 18.3 Å². The normalized spacial score (nSPS) is 13.1. The molecule has 0 atom stereocenters. The topological polar surface area (TPSA) is 47.2 Å². The van der Waals surface area contributed by atoms with E-state index in [1.54, 1.807) is 22.9 Å². The molecule has 0 aliphatic carbocycles. The summed E-state index contributed by atoms with van der Waals surface area (Å²) in [6.45, 7) is 2.70. The molecular formula is C58H42BF24NO3. The predicted molar refractivity (Wildman–Crippen MR) is 269 cm³/mol. The second-order valence-corrected chi connectivity index (χ2v) is 19.8. The van der Waals surface area contributed by atoms with Gasteiger partial charge in [0.05, 0.1) is 56.5 Å². The minimum Gasteiger partial charge on any atom is -0.458 e. The Hall–Kier alpha value is -7.75. The number of nitrogens with zero attached hydrogens (tertiary/aromatic N) is 1. The summed E-state index contributed by atoms with van der Waals surface area (Å²) < 4.78 is 348. The van der Waals surface area contributed by atoms with E-state index in [4.69, 9.17) is 4.74 Å². The van der Waals surface area contributed by atoms with Gasteiger partial charge in [-0.15, -0.1) is 0 Å². The van der Waals surface area contributed by atoms with Crippen LogP contribution < -0.4 is 26.4 Å². The summed E-state index contributed by atoms with van der Waals surface area (Å²) in [6.07, 6.45) is -46.2. The number of ether oxygens (including phenoxy) is 1. The van der Waals surface area contributed by atoms with Gasteiger partial charge >= 0.3 is 55.4 Å². The van der Waals surface area contributed by atoms with Crippen LogP contribution in [-0.2, 0) is 60.7 Å². The Kier molecular flexibility index (Phi) is 20.1. The minimum absolute atomic E-state index is 0.0409. The van der Waals surface area contributed by atoms with Crippen molar-refractivity contribution in [3.8, 4) is 0 Å². The molecule has 0 fully saturated rings. The van der Waals surface area contributed by atoms with Gasteiger partial charge in [-0.05, 0) is 42.1 Å². The maximum atomic E-state index is 14.2. The maximum Gasteiger partial charge on any atom is 0.416 e. The number of benzene rings is 6. The molecule has 0 aliphatic heterocycles. The summed E-state index contributed by atoms with van der Waals surface area (Å²) in [4.78, 5) is 25.7. The second kappa shape index (κ2) is 25.5. The third-order valence-corrected chi connectivity index (χ3v) is 13.7. The summed E-state index contributed by atoms with van der Waals surface area (Å²) in [7, 11) is 0. The quantitative estimate of drug-likeness (QED) is 0.0257. The van der Waals surface area contributed by atoms with Crippen LogP contribution in [0.5, 0.6) is 0 Å². The summed E-state index contributed by atoms with van der Waals surface area (Å²) in [5, 5.41) is 1.75. The van der Waals surface area contributed by atoms with E-state index >= 15 is 0 Å². The van der Waals surface area contributed by atoms with E-state index in [1.165, 1.54) is 25.7 Å². The Bertz CT molecular complexity index is 3140. The molecule has 468 valence electrons. The van der Waals surface area contributed by atoms with Crippen molar-refractivity contribution in [3.63, 3.8) is 0 Å². The van der Waals surface area contributed by atoms with Gasteiger partial charge in [0, 0.05) is 11.6 Å².